The molecule has 0 aromatic carbocycles. The molecular formula is C11H23N3O3. The zero-order valence-corrected chi connectivity index (χ0v) is 11.2. The number of nitrogens with two attached hydrogens (primary N) is 1. The van der Waals surface area contributed by atoms with Crippen LogP contribution in [0.15, 0.2) is 0 Å². The Labute approximate surface area is 102 Å². The van der Waals surface area contributed by atoms with E-state index in [9.17, 15) is 9.59 Å². The highest BCUT2D eigenvalue weighted by atomic mass is 16.6. The van der Waals surface area contributed by atoms with Gasteiger partial charge in [-0.25, -0.2) is 10.6 Å². The Morgan fingerprint density at radius 1 is 1.29 bits per heavy atom. The van der Waals surface area contributed by atoms with E-state index in [1.54, 1.807) is 20.8 Å². The second-order valence-electron chi connectivity index (χ2n) is 5.34. The van der Waals surface area contributed by atoms with Gasteiger partial charge in [0.25, 0.3) is 5.91 Å². The lowest BCUT2D eigenvalue weighted by Gasteiger charge is -2.23. The third-order valence-electron chi connectivity index (χ3n) is 1.86. The first kappa shape index (κ1) is 15.7. The zero-order valence-electron chi connectivity index (χ0n) is 11.2. The maximum absolute atomic E-state index is 11.5. The van der Waals surface area contributed by atoms with Crippen LogP contribution in [0.4, 0.5) is 4.79 Å². The Balaban J connectivity index is 4.43. The minimum Gasteiger partial charge on any atom is -0.444 e. The molecule has 0 rings (SSSR count). The summed E-state index contributed by atoms with van der Waals surface area (Å²) in [5.74, 6) is 4.89. The van der Waals surface area contributed by atoms with Gasteiger partial charge >= 0.3 is 6.09 Å². The van der Waals surface area contributed by atoms with Crippen molar-refractivity contribution in [2.24, 2.45) is 11.8 Å². The summed E-state index contributed by atoms with van der Waals surface area (Å²) in [4.78, 5) is 23.0. The molecule has 100 valence electrons. The van der Waals surface area contributed by atoms with E-state index in [1.807, 2.05) is 19.3 Å². The average Bonchev–Trinajstić information content (AvgIpc) is 2.11. The molecule has 0 heterocycles. The number of alkyl carbamates (subject to hydrolysis) is 1. The van der Waals surface area contributed by atoms with Crippen LogP contribution in [0.2, 0.25) is 0 Å². The quantitative estimate of drug-likeness (QED) is 0.390. The summed E-state index contributed by atoms with van der Waals surface area (Å²) in [5, 5.41) is 2.50. The number of hydrogen-bond acceptors (Lipinski definition) is 4. The van der Waals surface area contributed by atoms with Crippen molar-refractivity contribution in [1.29, 1.82) is 0 Å². The van der Waals surface area contributed by atoms with Crippen molar-refractivity contribution in [3.8, 4) is 0 Å². The zero-order chi connectivity index (χ0) is 13.6. The summed E-state index contributed by atoms with van der Waals surface area (Å²) in [7, 11) is 0. The number of nitrogens with one attached hydrogen (secondary N) is 2. The molecule has 0 aliphatic carbocycles. The van der Waals surface area contributed by atoms with Crippen LogP contribution >= 0.6 is 0 Å². The van der Waals surface area contributed by atoms with Crippen molar-refractivity contribution in [2.75, 3.05) is 0 Å². The van der Waals surface area contributed by atoms with Gasteiger partial charge in [-0.15, -0.1) is 0 Å². The smallest absolute Gasteiger partial charge is 0.408 e. The molecule has 0 aromatic rings. The van der Waals surface area contributed by atoms with Crippen LogP contribution in [-0.2, 0) is 9.53 Å². The van der Waals surface area contributed by atoms with Crippen LogP contribution in [0.3, 0.4) is 0 Å². The normalized spacial score (nSPS) is 13.1. The number of ether oxygens (including phenoxy) is 1. The summed E-state index contributed by atoms with van der Waals surface area (Å²) in [6.45, 7) is 9.17. The first-order valence-corrected chi connectivity index (χ1v) is 5.65. The van der Waals surface area contributed by atoms with Crippen LogP contribution in [0.5, 0.6) is 0 Å². The summed E-state index contributed by atoms with van der Waals surface area (Å²) in [6, 6.07) is -0.671. The highest BCUT2D eigenvalue weighted by Crippen LogP contribution is 2.09. The van der Waals surface area contributed by atoms with Gasteiger partial charge in [0.05, 0.1) is 0 Å². The van der Waals surface area contributed by atoms with Gasteiger partial charge in [0, 0.05) is 0 Å². The SMILES string of the molecule is CC(C)C[C@H](NC(=O)OC(C)(C)C)C(=O)NN. The van der Waals surface area contributed by atoms with Crippen LogP contribution in [0, 0.1) is 5.92 Å². The van der Waals surface area contributed by atoms with Gasteiger partial charge in [0.15, 0.2) is 0 Å². The van der Waals surface area contributed by atoms with E-state index in [0.29, 0.717) is 6.42 Å². The van der Waals surface area contributed by atoms with Crippen molar-refractivity contribution in [1.82, 2.24) is 10.7 Å². The van der Waals surface area contributed by atoms with E-state index in [-0.39, 0.29) is 5.92 Å². The summed E-state index contributed by atoms with van der Waals surface area (Å²) < 4.78 is 5.07. The minimum atomic E-state index is -0.671. The number of hydrazine groups is 1. The summed E-state index contributed by atoms with van der Waals surface area (Å²) >= 11 is 0. The molecule has 0 aliphatic rings. The van der Waals surface area contributed by atoms with Gasteiger partial charge in [0.2, 0.25) is 0 Å². The first-order chi connectivity index (χ1) is 7.65. The van der Waals surface area contributed by atoms with Crippen molar-refractivity contribution in [3.63, 3.8) is 0 Å². The molecule has 0 aliphatic heterocycles. The van der Waals surface area contributed by atoms with Gasteiger partial charge in [-0.1, -0.05) is 13.8 Å². The molecule has 0 bridgehead atoms. The largest absolute Gasteiger partial charge is 0.444 e. The van der Waals surface area contributed by atoms with Crippen LogP contribution in [-0.4, -0.2) is 23.6 Å². The second kappa shape index (κ2) is 6.44. The number of hydrogen-bond donors (Lipinski definition) is 3. The van der Waals surface area contributed by atoms with Crippen LogP contribution in [0.1, 0.15) is 41.0 Å². The minimum absolute atomic E-state index is 0.257. The molecule has 0 saturated carbocycles. The standard InChI is InChI=1S/C11H23N3O3/c1-7(2)6-8(9(15)14-12)13-10(16)17-11(3,4)5/h7-8H,6,12H2,1-5H3,(H,13,16)(H,14,15)/t8-/m0/s1. The predicted molar refractivity (Wildman–Crippen MR) is 64.9 cm³/mol. The molecule has 6 heteroatoms. The molecule has 0 spiro atoms. The third-order valence-corrected chi connectivity index (χ3v) is 1.86. The molecule has 6 nitrogen and oxygen atoms in total. The Bertz CT molecular complexity index is 272. The summed E-state index contributed by atoms with van der Waals surface area (Å²) in [6.07, 6.45) is -0.116. The maximum Gasteiger partial charge on any atom is 0.408 e. The fourth-order valence-corrected chi connectivity index (χ4v) is 1.25. The van der Waals surface area contributed by atoms with E-state index in [0.717, 1.165) is 0 Å². The number of rotatable bonds is 4. The number of carbonyl (C=O) groups excluding carboxylic acids is 2. The van der Waals surface area contributed by atoms with Crippen molar-refractivity contribution in [3.05, 3.63) is 0 Å². The fourth-order valence-electron chi connectivity index (χ4n) is 1.25. The van der Waals surface area contributed by atoms with Crippen LogP contribution < -0.4 is 16.6 Å². The fraction of sp³-hybridized carbons (Fsp3) is 0.818. The Kier molecular flexibility index (Phi) is 5.95. The highest BCUT2D eigenvalue weighted by Gasteiger charge is 2.24. The Hall–Kier alpha value is -1.30. The molecule has 1 atom stereocenters. The molecule has 4 N–H and O–H groups in total. The molecule has 0 aromatic heterocycles. The monoisotopic (exact) mass is 245 g/mol. The van der Waals surface area contributed by atoms with Gasteiger partial charge in [-0.2, -0.15) is 0 Å². The van der Waals surface area contributed by atoms with Gasteiger partial charge < -0.3 is 10.1 Å². The topological polar surface area (TPSA) is 93.4 Å². The lowest BCUT2D eigenvalue weighted by atomic mass is 10.0. The lowest BCUT2D eigenvalue weighted by molar-refractivity contribution is -0.123. The van der Waals surface area contributed by atoms with Crippen molar-refractivity contribution < 1.29 is 14.3 Å². The molecule has 17 heavy (non-hydrogen) atoms. The van der Waals surface area contributed by atoms with E-state index in [1.165, 1.54) is 0 Å². The summed E-state index contributed by atoms with van der Waals surface area (Å²) in [5.41, 5.74) is 1.44. The Morgan fingerprint density at radius 2 is 1.82 bits per heavy atom. The van der Waals surface area contributed by atoms with Crippen molar-refractivity contribution >= 4 is 12.0 Å². The van der Waals surface area contributed by atoms with E-state index in [2.05, 4.69) is 5.32 Å². The molecule has 2 amide bonds. The molecule has 0 radical (unpaired) electrons. The predicted octanol–water partition coefficient (Wildman–Crippen LogP) is 0.916. The number of amides is 2. The maximum atomic E-state index is 11.5. The Morgan fingerprint density at radius 3 is 2.18 bits per heavy atom. The van der Waals surface area contributed by atoms with Crippen LogP contribution in [0.25, 0.3) is 0 Å². The van der Waals surface area contributed by atoms with Gasteiger partial charge in [0.1, 0.15) is 11.6 Å². The number of carbonyl (C=O) groups is 2. The van der Waals surface area contributed by atoms with E-state index < -0.39 is 23.6 Å². The van der Waals surface area contributed by atoms with Gasteiger partial charge in [-0.05, 0) is 33.1 Å². The van der Waals surface area contributed by atoms with E-state index in [4.69, 9.17) is 10.6 Å². The van der Waals surface area contributed by atoms with E-state index >= 15 is 0 Å². The molecule has 0 fully saturated rings. The third kappa shape index (κ3) is 7.57. The first-order valence-electron chi connectivity index (χ1n) is 5.65. The molecular weight excluding hydrogens is 222 g/mol. The van der Waals surface area contributed by atoms with Gasteiger partial charge in [-0.3, -0.25) is 10.2 Å². The molecule has 0 saturated heterocycles. The van der Waals surface area contributed by atoms with Crippen molar-refractivity contribution in [2.45, 2.75) is 52.7 Å². The molecule has 0 unspecified atom stereocenters. The average molecular weight is 245 g/mol. The second-order valence-corrected chi connectivity index (χ2v) is 5.34. The highest BCUT2D eigenvalue weighted by molar-refractivity contribution is 5.85. The lowest BCUT2D eigenvalue weighted by Crippen LogP contribution is -2.50.